The summed E-state index contributed by atoms with van der Waals surface area (Å²) >= 11 is 7.67. The van der Waals surface area contributed by atoms with Gasteiger partial charge in [0.25, 0.3) is 0 Å². The van der Waals surface area contributed by atoms with Crippen LogP contribution in [0.4, 0.5) is 0 Å². The predicted molar refractivity (Wildman–Crippen MR) is 106 cm³/mol. The van der Waals surface area contributed by atoms with Gasteiger partial charge in [-0.2, -0.15) is 0 Å². The first-order valence-electron chi connectivity index (χ1n) is 7.24. The van der Waals surface area contributed by atoms with Gasteiger partial charge in [-0.1, -0.05) is 18.0 Å². The van der Waals surface area contributed by atoms with Crippen LogP contribution in [0.5, 0.6) is 0 Å². The minimum absolute atomic E-state index is 0. The number of hydrogen-bond acceptors (Lipinski definition) is 3. The van der Waals surface area contributed by atoms with E-state index in [9.17, 15) is 0 Å². The van der Waals surface area contributed by atoms with Crippen LogP contribution in [-0.2, 0) is 6.54 Å². The Kier molecular flexibility index (Phi) is 6.70. The Morgan fingerprint density at radius 1 is 1.41 bits per heavy atom. The van der Waals surface area contributed by atoms with Gasteiger partial charge in [-0.05, 0) is 37.0 Å². The van der Waals surface area contributed by atoms with Crippen LogP contribution < -0.4 is 10.6 Å². The molecule has 0 unspecified atom stereocenters. The Bertz CT molecular complexity index is 654. The highest BCUT2D eigenvalue weighted by Crippen LogP contribution is 2.25. The average Bonchev–Trinajstić information content (AvgIpc) is 2.82. The number of nitrogens with one attached hydrogen (secondary N) is 2. The Hall–Kier alpha value is -0.600. The zero-order valence-electron chi connectivity index (χ0n) is 12.4. The summed E-state index contributed by atoms with van der Waals surface area (Å²) in [5.74, 6) is 1.66. The van der Waals surface area contributed by atoms with Crippen molar-refractivity contribution in [3.63, 3.8) is 0 Å². The molecule has 2 aromatic rings. The molecule has 1 aliphatic rings. The van der Waals surface area contributed by atoms with Crippen LogP contribution in [-0.4, -0.2) is 24.5 Å². The summed E-state index contributed by atoms with van der Waals surface area (Å²) in [6.45, 7) is 1.69. The van der Waals surface area contributed by atoms with Crippen molar-refractivity contribution in [2.75, 3.05) is 13.6 Å². The third-order valence-electron chi connectivity index (χ3n) is 3.81. The third kappa shape index (κ3) is 4.45. The van der Waals surface area contributed by atoms with Crippen LogP contribution in [0, 0.1) is 5.92 Å². The maximum absolute atomic E-state index is 5.99. The van der Waals surface area contributed by atoms with Crippen molar-refractivity contribution in [2.24, 2.45) is 10.9 Å². The Balaban J connectivity index is 0.00000176. The van der Waals surface area contributed by atoms with Gasteiger partial charge in [0.2, 0.25) is 0 Å². The molecule has 1 aromatic heterocycles. The van der Waals surface area contributed by atoms with E-state index in [0.717, 1.165) is 38.7 Å². The molecule has 0 atom stereocenters. The molecular formula is C15H20ClIN4S. The molecule has 120 valence electrons. The van der Waals surface area contributed by atoms with Crippen molar-refractivity contribution in [1.82, 2.24) is 15.6 Å². The number of aliphatic imine (C=N–C) groups is 1. The van der Waals surface area contributed by atoms with E-state index in [1.165, 1.54) is 19.3 Å². The zero-order chi connectivity index (χ0) is 14.7. The molecule has 0 bridgehead atoms. The smallest absolute Gasteiger partial charge is 0.191 e. The summed E-state index contributed by atoms with van der Waals surface area (Å²) in [6, 6.07) is 5.82. The van der Waals surface area contributed by atoms with Gasteiger partial charge in [-0.15, -0.1) is 35.3 Å². The van der Waals surface area contributed by atoms with Gasteiger partial charge in [-0.25, -0.2) is 4.98 Å². The van der Waals surface area contributed by atoms with E-state index in [4.69, 9.17) is 11.6 Å². The molecule has 4 nitrogen and oxygen atoms in total. The molecule has 3 rings (SSSR count). The second kappa shape index (κ2) is 8.31. The van der Waals surface area contributed by atoms with E-state index in [-0.39, 0.29) is 24.0 Å². The number of rotatable bonds is 4. The first kappa shape index (κ1) is 17.7. The van der Waals surface area contributed by atoms with Gasteiger partial charge in [0.05, 0.1) is 16.8 Å². The molecule has 22 heavy (non-hydrogen) atoms. The largest absolute Gasteiger partial charge is 0.356 e. The maximum atomic E-state index is 5.99. The summed E-state index contributed by atoms with van der Waals surface area (Å²) in [5, 5.41) is 8.47. The molecular weight excluding hydrogens is 431 g/mol. The Morgan fingerprint density at radius 2 is 2.23 bits per heavy atom. The molecule has 0 radical (unpaired) electrons. The lowest BCUT2D eigenvalue weighted by atomic mass is 9.85. The van der Waals surface area contributed by atoms with Crippen molar-refractivity contribution in [1.29, 1.82) is 0 Å². The number of aromatic nitrogens is 1. The number of benzene rings is 1. The van der Waals surface area contributed by atoms with Crippen LogP contribution in [0.2, 0.25) is 5.02 Å². The third-order valence-corrected chi connectivity index (χ3v) is 5.08. The fraction of sp³-hybridized carbons (Fsp3) is 0.467. The number of nitrogens with zero attached hydrogens (tertiary/aromatic N) is 2. The topological polar surface area (TPSA) is 49.3 Å². The Morgan fingerprint density at radius 3 is 2.91 bits per heavy atom. The van der Waals surface area contributed by atoms with E-state index in [2.05, 4.69) is 20.6 Å². The SMILES string of the molecule is CN=C(NCc1nc2cc(Cl)ccc2s1)NCC1CCC1.I. The zero-order valence-corrected chi connectivity index (χ0v) is 16.3. The summed E-state index contributed by atoms with van der Waals surface area (Å²) in [5.41, 5.74) is 0.960. The van der Waals surface area contributed by atoms with Crippen molar-refractivity contribution in [2.45, 2.75) is 25.8 Å². The number of halogens is 2. The van der Waals surface area contributed by atoms with E-state index in [0.29, 0.717) is 6.54 Å². The lowest BCUT2D eigenvalue weighted by molar-refractivity contribution is 0.314. The van der Waals surface area contributed by atoms with Crippen molar-refractivity contribution >= 4 is 63.1 Å². The van der Waals surface area contributed by atoms with Crippen LogP contribution in [0.15, 0.2) is 23.2 Å². The van der Waals surface area contributed by atoms with Crippen molar-refractivity contribution in [3.8, 4) is 0 Å². The fourth-order valence-electron chi connectivity index (χ4n) is 2.34. The summed E-state index contributed by atoms with van der Waals surface area (Å²) in [6.07, 6.45) is 4.04. The van der Waals surface area contributed by atoms with Gasteiger partial charge < -0.3 is 10.6 Å². The lowest BCUT2D eigenvalue weighted by Gasteiger charge is -2.26. The molecule has 0 saturated heterocycles. The number of hydrogen-bond donors (Lipinski definition) is 2. The van der Waals surface area contributed by atoms with Crippen LogP contribution >= 0.6 is 46.9 Å². The molecule has 1 heterocycles. The lowest BCUT2D eigenvalue weighted by Crippen LogP contribution is -2.40. The number of thiazole rings is 1. The molecule has 7 heteroatoms. The highest BCUT2D eigenvalue weighted by molar-refractivity contribution is 14.0. The molecule has 0 aliphatic heterocycles. The highest BCUT2D eigenvalue weighted by atomic mass is 127. The molecule has 1 aliphatic carbocycles. The van der Waals surface area contributed by atoms with Gasteiger partial charge in [-0.3, -0.25) is 4.99 Å². The molecule has 1 fully saturated rings. The van der Waals surface area contributed by atoms with Crippen LogP contribution in [0.3, 0.4) is 0 Å². The van der Waals surface area contributed by atoms with Gasteiger partial charge in [0, 0.05) is 18.6 Å². The average molecular weight is 451 g/mol. The summed E-state index contributed by atoms with van der Waals surface area (Å²) < 4.78 is 1.16. The second-order valence-corrected chi connectivity index (χ2v) is 6.87. The van der Waals surface area contributed by atoms with Crippen molar-refractivity contribution < 1.29 is 0 Å². The molecule has 0 spiro atoms. The molecule has 1 saturated carbocycles. The summed E-state index contributed by atoms with van der Waals surface area (Å²) in [7, 11) is 1.80. The minimum Gasteiger partial charge on any atom is -0.356 e. The van der Waals surface area contributed by atoms with Gasteiger partial charge in [0.1, 0.15) is 5.01 Å². The highest BCUT2D eigenvalue weighted by Gasteiger charge is 2.17. The first-order chi connectivity index (χ1) is 10.2. The Labute approximate surface area is 156 Å². The van der Waals surface area contributed by atoms with Crippen LogP contribution in [0.1, 0.15) is 24.3 Å². The fourth-order valence-corrected chi connectivity index (χ4v) is 3.40. The normalized spacial score (nSPS) is 15.3. The van der Waals surface area contributed by atoms with Gasteiger partial charge in [0.15, 0.2) is 5.96 Å². The standard InChI is InChI=1S/C15H19ClN4S.HI/c1-17-15(18-8-10-3-2-4-10)19-9-14-20-12-7-11(16)5-6-13(12)21-14;/h5-7,10H,2-4,8-9H2,1H3,(H2,17,18,19);1H. The molecule has 1 aromatic carbocycles. The quantitative estimate of drug-likeness (QED) is 0.420. The minimum atomic E-state index is 0. The van der Waals surface area contributed by atoms with E-state index < -0.39 is 0 Å². The monoisotopic (exact) mass is 450 g/mol. The second-order valence-electron chi connectivity index (χ2n) is 5.32. The molecule has 2 N–H and O–H groups in total. The van der Waals surface area contributed by atoms with E-state index in [1.807, 2.05) is 18.2 Å². The van der Waals surface area contributed by atoms with Crippen LogP contribution in [0.25, 0.3) is 10.2 Å². The maximum Gasteiger partial charge on any atom is 0.191 e. The first-order valence-corrected chi connectivity index (χ1v) is 8.43. The predicted octanol–water partition coefficient (Wildman–Crippen LogP) is 4.03. The van der Waals surface area contributed by atoms with E-state index >= 15 is 0 Å². The molecule has 0 amide bonds. The number of guanidine groups is 1. The van der Waals surface area contributed by atoms with E-state index in [1.54, 1.807) is 18.4 Å². The number of fused-ring (bicyclic) bond motifs is 1. The van der Waals surface area contributed by atoms with Crippen molar-refractivity contribution in [3.05, 3.63) is 28.2 Å². The summed E-state index contributed by atoms with van der Waals surface area (Å²) in [4.78, 5) is 8.84. The van der Waals surface area contributed by atoms with Gasteiger partial charge >= 0.3 is 0 Å².